The van der Waals surface area contributed by atoms with E-state index in [-0.39, 0.29) is 0 Å². The lowest BCUT2D eigenvalue weighted by Gasteiger charge is -2.50. The van der Waals surface area contributed by atoms with E-state index in [1.807, 2.05) is 0 Å². The van der Waals surface area contributed by atoms with Gasteiger partial charge in [0, 0.05) is 25.7 Å². The van der Waals surface area contributed by atoms with Crippen LogP contribution in [0.5, 0.6) is 0 Å². The molecule has 1 unspecified atom stereocenters. The van der Waals surface area contributed by atoms with Crippen LogP contribution in [0.2, 0.25) is 0 Å². The number of nitrogens with zero attached hydrogens (tertiary/aromatic N) is 1. The van der Waals surface area contributed by atoms with Crippen LogP contribution in [0.4, 0.5) is 0 Å². The standard InChI is InChI=1S/C20H32N2/c1-4-17-14-22-10-9-19(17)11-20(22)13-21-12-16-5-7-18(8-6-16)15(2)3/h5-8,15,17,19-21H,4,9-14H2,1-3H3/t17-,19+,20-/m1/s1. The number of hydrogen-bond donors (Lipinski definition) is 1. The van der Waals surface area contributed by atoms with E-state index in [1.54, 1.807) is 0 Å². The number of nitrogens with one attached hydrogen (secondary N) is 1. The minimum absolute atomic E-state index is 0.624. The third kappa shape index (κ3) is 3.55. The summed E-state index contributed by atoms with van der Waals surface area (Å²) in [6.07, 6.45) is 4.22. The van der Waals surface area contributed by atoms with Gasteiger partial charge >= 0.3 is 0 Å². The first-order valence-electron chi connectivity index (χ1n) is 9.21. The van der Waals surface area contributed by atoms with E-state index in [0.717, 1.165) is 31.0 Å². The molecule has 1 aromatic carbocycles. The van der Waals surface area contributed by atoms with Crippen LogP contribution in [0.25, 0.3) is 0 Å². The molecular formula is C20H32N2. The van der Waals surface area contributed by atoms with Gasteiger partial charge in [-0.15, -0.1) is 0 Å². The highest BCUT2D eigenvalue weighted by Gasteiger charge is 2.38. The normalized spacial score (nSPS) is 30.9. The molecule has 3 aliphatic heterocycles. The molecule has 3 aliphatic rings. The zero-order chi connectivity index (χ0) is 15.5. The smallest absolute Gasteiger partial charge is 0.0223 e. The minimum atomic E-state index is 0.624. The van der Waals surface area contributed by atoms with Gasteiger partial charge in [-0.05, 0) is 48.3 Å². The lowest BCUT2D eigenvalue weighted by molar-refractivity contribution is 0.000333. The van der Waals surface area contributed by atoms with Gasteiger partial charge in [0.1, 0.15) is 0 Å². The lowest BCUT2D eigenvalue weighted by atomic mass is 9.74. The van der Waals surface area contributed by atoms with E-state index in [0.29, 0.717) is 5.92 Å². The predicted molar refractivity (Wildman–Crippen MR) is 94.1 cm³/mol. The molecular weight excluding hydrogens is 268 g/mol. The SMILES string of the molecule is CC[C@@H]1CN2CC[C@H]1C[C@@H]2CNCc1ccc(C(C)C)cc1. The maximum absolute atomic E-state index is 3.70. The monoisotopic (exact) mass is 300 g/mol. The van der Waals surface area contributed by atoms with Crippen molar-refractivity contribution in [3.63, 3.8) is 0 Å². The topological polar surface area (TPSA) is 15.3 Å². The van der Waals surface area contributed by atoms with Crippen molar-refractivity contribution in [1.82, 2.24) is 10.2 Å². The fourth-order valence-corrected chi connectivity index (χ4v) is 4.33. The summed E-state index contributed by atoms with van der Waals surface area (Å²) in [6.45, 7) is 11.7. The van der Waals surface area contributed by atoms with E-state index in [1.165, 1.54) is 43.5 Å². The molecule has 0 saturated carbocycles. The third-order valence-corrected chi connectivity index (χ3v) is 5.89. The van der Waals surface area contributed by atoms with Crippen molar-refractivity contribution >= 4 is 0 Å². The predicted octanol–water partition coefficient (Wildman–Crippen LogP) is 4.02. The maximum Gasteiger partial charge on any atom is 0.0223 e. The Morgan fingerprint density at radius 2 is 2.00 bits per heavy atom. The molecule has 0 radical (unpaired) electrons. The van der Waals surface area contributed by atoms with Crippen LogP contribution in [0.3, 0.4) is 0 Å². The molecule has 0 spiro atoms. The molecule has 0 aliphatic carbocycles. The molecule has 1 N–H and O–H groups in total. The highest BCUT2D eigenvalue weighted by Crippen LogP contribution is 2.37. The van der Waals surface area contributed by atoms with Gasteiger partial charge in [0.25, 0.3) is 0 Å². The van der Waals surface area contributed by atoms with Crippen molar-refractivity contribution in [1.29, 1.82) is 0 Å². The zero-order valence-electron chi connectivity index (χ0n) is 14.5. The molecule has 0 aromatic heterocycles. The molecule has 0 amide bonds. The van der Waals surface area contributed by atoms with Gasteiger partial charge in [0.2, 0.25) is 0 Å². The fraction of sp³-hybridized carbons (Fsp3) is 0.700. The molecule has 2 nitrogen and oxygen atoms in total. The van der Waals surface area contributed by atoms with Crippen LogP contribution in [0.1, 0.15) is 57.1 Å². The van der Waals surface area contributed by atoms with Crippen LogP contribution in [-0.4, -0.2) is 30.6 Å². The van der Waals surface area contributed by atoms with E-state index in [9.17, 15) is 0 Å². The Morgan fingerprint density at radius 1 is 1.23 bits per heavy atom. The summed E-state index contributed by atoms with van der Waals surface area (Å²) in [5, 5.41) is 3.70. The summed E-state index contributed by atoms with van der Waals surface area (Å²) in [5.74, 6) is 2.58. The summed E-state index contributed by atoms with van der Waals surface area (Å²) in [6, 6.07) is 9.89. The molecule has 1 aromatic rings. The number of benzene rings is 1. The van der Waals surface area contributed by atoms with Crippen LogP contribution in [0, 0.1) is 11.8 Å². The van der Waals surface area contributed by atoms with Crippen LogP contribution < -0.4 is 5.32 Å². The van der Waals surface area contributed by atoms with Gasteiger partial charge in [0.05, 0.1) is 0 Å². The van der Waals surface area contributed by atoms with Crippen molar-refractivity contribution in [2.24, 2.45) is 11.8 Å². The second kappa shape index (κ2) is 7.14. The molecule has 4 rings (SSSR count). The first kappa shape index (κ1) is 16.0. The molecule has 22 heavy (non-hydrogen) atoms. The van der Waals surface area contributed by atoms with Gasteiger partial charge in [-0.1, -0.05) is 51.5 Å². The molecule has 122 valence electrons. The molecule has 2 bridgehead atoms. The molecule has 3 heterocycles. The Labute approximate surface area is 136 Å². The fourth-order valence-electron chi connectivity index (χ4n) is 4.33. The summed E-state index contributed by atoms with van der Waals surface area (Å²) in [5.41, 5.74) is 2.84. The average Bonchev–Trinajstić information content (AvgIpc) is 2.56. The number of rotatable bonds is 6. The van der Waals surface area contributed by atoms with Crippen LogP contribution >= 0.6 is 0 Å². The largest absolute Gasteiger partial charge is 0.311 e. The van der Waals surface area contributed by atoms with Crippen LogP contribution in [-0.2, 0) is 6.54 Å². The highest BCUT2D eigenvalue weighted by molar-refractivity contribution is 5.24. The van der Waals surface area contributed by atoms with Crippen molar-refractivity contribution in [2.75, 3.05) is 19.6 Å². The molecule has 3 saturated heterocycles. The molecule has 4 atom stereocenters. The van der Waals surface area contributed by atoms with E-state index >= 15 is 0 Å². The van der Waals surface area contributed by atoms with Crippen molar-refractivity contribution in [3.05, 3.63) is 35.4 Å². The Balaban J connectivity index is 1.46. The average molecular weight is 300 g/mol. The first-order chi connectivity index (χ1) is 10.7. The number of fused-ring (bicyclic) bond motifs is 3. The van der Waals surface area contributed by atoms with E-state index in [4.69, 9.17) is 0 Å². The number of piperidine rings is 3. The summed E-state index contributed by atoms with van der Waals surface area (Å²) >= 11 is 0. The van der Waals surface area contributed by atoms with Gasteiger partial charge in [-0.3, -0.25) is 4.90 Å². The minimum Gasteiger partial charge on any atom is -0.311 e. The van der Waals surface area contributed by atoms with Gasteiger partial charge in [-0.25, -0.2) is 0 Å². The third-order valence-electron chi connectivity index (χ3n) is 5.89. The quantitative estimate of drug-likeness (QED) is 0.853. The summed E-state index contributed by atoms with van der Waals surface area (Å²) in [4.78, 5) is 2.74. The van der Waals surface area contributed by atoms with E-state index < -0.39 is 0 Å². The number of hydrogen-bond acceptors (Lipinski definition) is 2. The Bertz CT molecular complexity index is 465. The van der Waals surface area contributed by atoms with Crippen molar-refractivity contribution in [3.8, 4) is 0 Å². The van der Waals surface area contributed by atoms with Crippen molar-refractivity contribution in [2.45, 2.75) is 58.5 Å². The summed E-state index contributed by atoms with van der Waals surface area (Å²) in [7, 11) is 0. The maximum atomic E-state index is 3.70. The van der Waals surface area contributed by atoms with E-state index in [2.05, 4.69) is 55.3 Å². The second-order valence-electron chi connectivity index (χ2n) is 7.63. The first-order valence-corrected chi connectivity index (χ1v) is 9.21. The van der Waals surface area contributed by atoms with Gasteiger partial charge in [-0.2, -0.15) is 0 Å². The lowest BCUT2D eigenvalue weighted by Crippen LogP contribution is -2.56. The Morgan fingerprint density at radius 3 is 2.59 bits per heavy atom. The molecule has 2 heteroatoms. The zero-order valence-corrected chi connectivity index (χ0v) is 14.5. The second-order valence-corrected chi connectivity index (χ2v) is 7.63. The van der Waals surface area contributed by atoms with Crippen molar-refractivity contribution < 1.29 is 0 Å². The summed E-state index contributed by atoms with van der Waals surface area (Å²) < 4.78 is 0. The van der Waals surface area contributed by atoms with Gasteiger partial charge in [0.15, 0.2) is 0 Å². The highest BCUT2D eigenvalue weighted by atomic mass is 15.2. The Hall–Kier alpha value is -0.860. The molecule has 3 fully saturated rings. The van der Waals surface area contributed by atoms with Crippen LogP contribution in [0.15, 0.2) is 24.3 Å². The Kier molecular flexibility index (Phi) is 5.20. The van der Waals surface area contributed by atoms with Gasteiger partial charge < -0.3 is 5.32 Å².